The van der Waals surface area contributed by atoms with Gasteiger partial charge in [0.25, 0.3) is 10.1 Å². The Hall–Kier alpha value is -1.44. The molecule has 0 aromatic heterocycles. The highest BCUT2D eigenvalue weighted by atomic mass is 32.2. The molecule has 0 bridgehead atoms. The second-order valence-corrected chi connectivity index (χ2v) is 5.45. The van der Waals surface area contributed by atoms with Gasteiger partial charge in [0.2, 0.25) is 0 Å². The second kappa shape index (κ2) is 7.22. The predicted octanol–water partition coefficient (Wildman–Crippen LogP) is 1.06. The Labute approximate surface area is 113 Å². The van der Waals surface area contributed by atoms with Gasteiger partial charge in [-0.3, -0.25) is 9.35 Å². The molecule has 3 N–H and O–H groups in total. The fraction of sp³-hybridized carbons (Fsp3) is 0.417. The van der Waals surface area contributed by atoms with Gasteiger partial charge in [0.15, 0.2) is 0 Å². The average Bonchev–Trinajstić information content (AvgIpc) is 2.26. The van der Waals surface area contributed by atoms with Crippen molar-refractivity contribution in [1.29, 1.82) is 0 Å². The third-order valence-electron chi connectivity index (χ3n) is 2.18. The molecule has 1 aromatic carbocycles. The molecule has 0 saturated heterocycles. The molecule has 0 fully saturated rings. The molecule has 6 nitrogen and oxygen atoms in total. The smallest absolute Gasteiger partial charge is 0.322 e. The van der Waals surface area contributed by atoms with E-state index in [-0.39, 0.29) is 10.9 Å². The van der Waals surface area contributed by atoms with Gasteiger partial charge >= 0.3 is 5.97 Å². The van der Waals surface area contributed by atoms with E-state index in [0.717, 1.165) is 5.56 Å². The molecule has 0 heterocycles. The van der Waals surface area contributed by atoms with E-state index in [4.69, 9.17) is 10.3 Å². The van der Waals surface area contributed by atoms with Gasteiger partial charge in [-0.15, -0.1) is 0 Å². The summed E-state index contributed by atoms with van der Waals surface area (Å²) < 4.78 is 34.4. The first-order chi connectivity index (χ1) is 8.59. The summed E-state index contributed by atoms with van der Waals surface area (Å²) in [4.78, 5) is 10.1. The van der Waals surface area contributed by atoms with Crippen LogP contribution < -0.4 is 5.73 Å². The number of hydrogen-bond donors (Lipinski definition) is 2. The van der Waals surface area contributed by atoms with Gasteiger partial charge < -0.3 is 10.5 Å². The van der Waals surface area contributed by atoms with E-state index in [9.17, 15) is 13.2 Å². The molecule has 0 aliphatic carbocycles. The Kier molecular flexibility index (Phi) is 6.68. The SMILES string of the molecule is COC(=O)[C@H](C)N.Cc1ccc(S(=O)(=O)O)c(C)c1. The van der Waals surface area contributed by atoms with Crippen LogP contribution in [0.5, 0.6) is 0 Å². The maximum absolute atomic E-state index is 10.7. The van der Waals surface area contributed by atoms with Crippen LogP contribution in [0.1, 0.15) is 18.1 Å². The zero-order valence-corrected chi connectivity index (χ0v) is 12.2. The van der Waals surface area contributed by atoms with Gasteiger partial charge in [-0.1, -0.05) is 17.7 Å². The maximum Gasteiger partial charge on any atom is 0.322 e. The van der Waals surface area contributed by atoms with Crippen molar-refractivity contribution >= 4 is 16.1 Å². The van der Waals surface area contributed by atoms with Crippen molar-refractivity contribution < 1.29 is 22.5 Å². The molecular weight excluding hydrogens is 270 g/mol. The summed E-state index contributed by atoms with van der Waals surface area (Å²) in [5.74, 6) is -0.375. The van der Waals surface area contributed by atoms with Gasteiger partial charge in [0.1, 0.15) is 6.04 Å². The molecule has 0 spiro atoms. The van der Waals surface area contributed by atoms with Crippen LogP contribution in [0, 0.1) is 13.8 Å². The Balaban J connectivity index is 0.000000399. The van der Waals surface area contributed by atoms with Crippen molar-refractivity contribution in [3.05, 3.63) is 29.3 Å². The van der Waals surface area contributed by atoms with Crippen molar-refractivity contribution in [2.75, 3.05) is 7.11 Å². The second-order valence-electron chi connectivity index (χ2n) is 4.06. The first-order valence-electron chi connectivity index (χ1n) is 5.47. The molecule has 19 heavy (non-hydrogen) atoms. The molecule has 0 aliphatic rings. The Bertz CT molecular complexity index is 537. The van der Waals surface area contributed by atoms with Crippen LogP contribution in [-0.4, -0.2) is 32.1 Å². The van der Waals surface area contributed by atoms with Crippen molar-refractivity contribution in [1.82, 2.24) is 0 Å². The summed E-state index contributed by atoms with van der Waals surface area (Å²) in [6, 6.07) is 4.27. The summed E-state index contributed by atoms with van der Waals surface area (Å²) in [7, 11) is -2.74. The highest BCUT2D eigenvalue weighted by Gasteiger charge is 2.11. The van der Waals surface area contributed by atoms with Gasteiger partial charge in [-0.25, -0.2) is 0 Å². The summed E-state index contributed by atoms with van der Waals surface area (Å²) in [5, 5.41) is 0. The fourth-order valence-corrected chi connectivity index (χ4v) is 1.98. The molecule has 0 amide bonds. The highest BCUT2D eigenvalue weighted by molar-refractivity contribution is 7.85. The zero-order valence-electron chi connectivity index (χ0n) is 11.4. The molecule has 0 unspecified atom stereocenters. The minimum atomic E-state index is -4.05. The van der Waals surface area contributed by atoms with Crippen LogP contribution >= 0.6 is 0 Å². The normalized spacial score (nSPS) is 12.1. The van der Waals surface area contributed by atoms with Gasteiger partial charge in [-0.2, -0.15) is 8.42 Å². The standard InChI is InChI=1S/C8H10O3S.C4H9NO2/c1-6-3-4-8(7(2)5-6)12(9,10)11;1-3(5)4(6)7-2/h3-5H,1-2H3,(H,9,10,11);3H,5H2,1-2H3/t;3-/m.0/s1. The summed E-state index contributed by atoms with van der Waals surface area (Å²) in [5.41, 5.74) is 6.61. The van der Waals surface area contributed by atoms with E-state index >= 15 is 0 Å². The van der Waals surface area contributed by atoms with Crippen LogP contribution in [-0.2, 0) is 19.6 Å². The van der Waals surface area contributed by atoms with E-state index in [1.165, 1.54) is 13.2 Å². The summed E-state index contributed by atoms with van der Waals surface area (Å²) in [6.45, 7) is 5.09. The van der Waals surface area contributed by atoms with Crippen molar-refractivity contribution in [3.63, 3.8) is 0 Å². The summed E-state index contributed by atoms with van der Waals surface area (Å²) in [6.07, 6.45) is 0. The molecule has 0 radical (unpaired) electrons. The van der Waals surface area contributed by atoms with Crippen LogP contribution in [0.3, 0.4) is 0 Å². The van der Waals surface area contributed by atoms with Crippen LogP contribution in [0.25, 0.3) is 0 Å². The third-order valence-corrected chi connectivity index (χ3v) is 3.20. The van der Waals surface area contributed by atoms with Crippen molar-refractivity contribution in [2.24, 2.45) is 5.73 Å². The predicted molar refractivity (Wildman–Crippen MR) is 71.4 cm³/mol. The molecule has 1 atom stereocenters. The Morgan fingerprint density at radius 3 is 2.16 bits per heavy atom. The number of nitrogens with two attached hydrogens (primary N) is 1. The van der Waals surface area contributed by atoms with E-state index in [1.54, 1.807) is 26.0 Å². The topological polar surface area (TPSA) is 107 Å². The van der Waals surface area contributed by atoms with Gasteiger partial charge in [-0.05, 0) is 32.4 Å². The molecule has 1 rings (SSSR count). The number of aryl methyl sites for hydroxylation is 2. The first-order valence-corrected chi connectivity index (χ1v) is 6.91. The third kappa shape index (κ3) is 6.32. The lowest BCUT2D eigenvalue weighted by atomic mass is 10.2. The monoisotopic (exact) mass is 289 g/mol. The molecule has 7 heteroatoms. The largest absolute Gasteiger partial charge is 0.468 e. The lowest BCUT2D eigenvalue weighted by Gasteiger charge is -2.02. The van der Waals surface area contributed by atoms with Gasteiger partial charge in [0, 0.05) is 0 Å². The number of esters is 1. The lowest BCUT2D eigenvalue weighted by Crippen LogP contribution is -2.27. The number of rotatable bonds is 2. The lowest BCUT2D eigenvalue weighted by molar-refractivity contribution is -0.141. The molecule has 0 saturated carbocycles. The number of ether oxygens (including phenoxy) is 1. The van der Waals surface area contributed by atoms with Crippen LogP contribution in [0.2, 0.25) is 0 Å². The maximum atomic E-state index is 10.7. The average molecular weight is 289 g/mol. The Morgan fingerprint density at radius 1 is 1.37 bits per heavy atom. The number of hydrogen-bond acceptors (Lipinski definition) is 5. The zero-order chi connectivity index (χ0) is 15.2. The minimum Gasteiger partial charge on any atom is -0.468 e. The Morgan fingerprint density at radius 2 is 1.89 bits per heavy atom. The van der Waals surface area contributed by atoms with E-state index < -0.39 is 16.2 Å². The van der Waals surface area contributed by atoms with Crippen LogP contribution in [0.4, 0.5) is 0 Å². The first kappa shape index (κ1) is 17.6. The molecule has 1 aromatic rings. The minimum absolute atomic E-state index is 0.0203. The van der Waals surface area contributed by atoms with E-state index in [0.29, 0.717) is 5.56 Å². The number of carbonyl (C=O) groups excluding carboxylic acids is 1. The van der Waals surface area contributed by atoms with Gasteiger partial charge in [0.05, 0.1) is 12.0 Å². The fourth-order valence-electron chi connectivity index (χ4n) is 1.27. The number of benzene rings is 1. The summed E-state index contributed by atoms with van der Waals surface area (Å²) >= 11 is 0. The quantitative estimate of drug-likeness (QED) is 0.622. The van der Waals surface area contributed by atoms with Crippen molar-refractivity contribution in [3.8, 4) is 0 Å². The number of methoxy groups -OCH3 is 1. The highest BCUT2D eigenvalue weighted by Crippen LogP contribution is 2.15. The van der Waals surface area contributed by atoms with E-state index in [1.807, 2.05) is 6.92 Å². The van der Waals surface area contributed by atoms with Crippen molar-refractivity contribution in [2.45, 2.75) is 31.7 Å². The molecule has 0 aliphatic heterocycles. The molecule has 108 valence electrons. The van der Waals surface area contributed by atoms with Crippen LogP contribution in [0.15, 0.2) is 23.1 Å². The molecular formula is C12H19NO5S. The number of carbonyl (C=O) groups is 1. The van der Waals surface area contributed by atoms with E-state index in [2.05, 4.69) is 4.74 Å².